The maximum absolute atomic E-state index is 12.3. The molecule has 0 aromatic heterocycles. The molecule has 0 heterocycles. The maximum atomic E-state index is 12.3. The van der Waals surface area contributed by atoms with Crippen LogP contribution in [0.1, 0.15) is 26.3 Å². The van der Waals surface area contributed by atoms with Crippen LogP contribution < -0.4 is 10.6 Å². The van der Waals surface area contributed by atoms with Gasteiger partial charge in [-0.25, -0.2) is 9.59 Å². The smallest absolute Gasteiger partial charge is 0.409 e. The van der Waals surface area contributed by atoms with E-state index in [-0.39, 0.29) is 0 Å². The number of likely N-dealkylation sites (N-methyl/N-ethyl adjacent to an activating group) is 1. The number of hydrogen-bond donors (Lipinski definition) is 2. The average molecular weight is 329 g/mol. The summed E-state index contributed by atoms with van der Waals surface area (Å²) in [6, 6.07) is 6.46. The Balaban J connectivity index is 3.19. The molecule has 0 fully saturated rings. The van der Waals surface area contributed by atoms with Gasteiger partial charge < -0.3 is 9.47 Å². The molecule has 2 N–H and O–H groups in total. The second-order valence-electron chi connectivity index (χ2n) is 5.63. The lowest BCUT2D eigenvalue weighted by Gasteiger charge is -2.32. The molecular weight excluding hydrogens is 308 g/mol. The summed E-state index contributed by atoms with van der Waals surface area (Å²) in [7, 11) is 2.77. The van der Waals surface area contributed by atoms with E-state index in [4.69, 9.17) is 21.1 Å². The maximum Gasteiger partial charge on any atom is 0.409 e. The number of carbonyl (C=O) groups excluding carboxylic acids is 2. The first kappa shape index (κ1) is 18.3. The molecule has 0 aliphatic heterocycles. The van der Waals surface area contributed by atoms with Gasteiger partial charge in [-0.05, 0) is 40.0 Å². The number of rotatable bonds is 4. The van der Waals surface area contributed by atoms with Crippen LogP contribution in [0.5, 0.6) is 0 Å². The van der Waals surface area contributed by atoms with Crippen molar-refractivity contribution in [3.63, 3.8) is 0 Å². The Hall–Kier alpha value is -1.79. The third-order valence-corrected chi connectivity index (χ3v) is 3.08. The van der Waals surface area contributed by atoms with Crippen molar-refractivity contribution in [2.24, 2.45) is 0 Å². The second kappa shape index (κ2) is 6.98. The highest BCUT2D eigenvalue weighted by Crippen LogP contribution is 2.22. The molecule has 7 heteroatoms. The van der Waals surface area contributed by atoms with Gasteiger partial charge >= 0.3 is 12.1 Å². The summed E-state index contributed by atoms with van der Waals surface area (Å²) in [5.74, 6) is -0.678. The minimum Gasteiger partial charge on any atom is -0.466 e. The normalized spacial score (nSPS) is 13.9. The highest BCUT2D eigenvalue weighted by molar-refractivity contribution is 6.30. The number of esters is 1. The van der Waals surface area contributed by atoms with E-state index in [1.54, 1.807) is 45.0 Å². The summed E-state index contributed by atoms with van der Waals surface area (Å²) in [5, 5.41) is 5.83. The molecule has 6 nitrogen and oxygen atoms in total. The van der Waals surface area contributed by atoms with Crippen molar-refractivity contribution in [3.05, 3.63) is 34.9 Å². The molecule has 0 bridgehead atoms. The van der Waals surface area contributed by atoms with E-state index >= 15 is 0 Å². The molecule has 0 unspecified atom stereocenters. The van der Waals surface area contributed by atoms with E-state index in [1.165, 1.54) is 14.2 Å². The highest BCUT2D eigenvalue weighted by atomic mass is 35.5. The number of benzene rings is 1. The van der Waals surface area contributed by atoms with Crippen LogP contribution in [-0.4, -0.2) is 31.8 Å². The summed E-state index contributed by atoms with van der Waals surface area (Å²) in [5.41, 5.74) is -1.79. The van der Waals surface area contributed by atoms with Gasteiger partial charge in [-0.15, -0.1) is 0 Å². The molecule has 0 saturated carbocycles. The average Bonchev–Trinajstić information content (AvgIpc) is 2.43. The first-order valence-electron chi connectivity index (χ1n) is 6.69. The number of carbonyl (C=O) groups is 2. The lowest BCUT2D eigenvalue weighted by Crippen LogP contribution is -2.61. The minimum absolute atomic E-state index is 0.470. The Labute approximate surface area is 135 Å². The standard InChI is InChI=1S/C15H21ClN2O4/c1-14(2,3)22-13(20)18-15(17-4,12(19)21-5)10-6-8-11(16)9-7-10/h6-9,17H,1-5H3,(H,18,20)/t15-/m1/s1. The van der Waals surface area contributed by atoms with Crippen molar-refractivity contribution in [2.45, 2.75) is 32.0 Å². The van der Waals surface area contributed by atoms with Crippen LogP contribution in [0.3, 0.4) is 0 Å². The molecule has 1 rings (SSSR count). The van der Waals surface area contributed by atoms with Crippen molar-refractivity contribution in [2.75, 3.05) is 14.2 Å². The van der Waals surface area contributed by atoms with Crippen LogP contribution in [0.15, 0.2) is 24.3 Å². The van der Waals surface area contributed by atoms with Gasteiger partial charge in [0.05, 0.1) is 7.11 Å². The van der Waals surface area contributed by atoms with Gasteiger partial charge in [0, 0.05) is 10.6 Å². The predicted molar refractivity (Wildman–Crippen MR) is 83.6 cm³/mol. The van der Waals surface area contributed by atoms with Crippen molar-refractivity contribution < 1.29 is 19.1 Å². The molecule has 0 aliphatic rings. The summed E-state index contributed by atoms with van der Waals surface area (Å²) < 4.78 is 10.0. The van der Waals surface area contributed by atoms with Gasteiger partial charge in [-0.2, -0.15) is 0 Å². The van der Waals surface area contributed by atoms with E-state index in [1.807, 2.05) is 0 Å². The molecule has 1 amide bonds. The molecule has 0 radical (unpaired) electrons. The van der Waals surface area contributed by atoms with E-state index in [2.05, 4.69) is 10.6 Å². The third-order valence-electron chi connectivity index (χ3n) is 2.83. The van der Waals surface area contributed by atoms with Crippen molar-refractivity contribution >= 4 is 23.7 Å². The largest absolute Gasteiger partial charge is 0.466 e. The Morgan fingerprint density at radius 2 is 1.68 bits per heavy atom. The summed E-state index contributed by atoms with van der Waals surface area (Å²) in [6.07, 6.45) is -0.748. The van der Waals surface area contributed by atoms with Crippen LogP contribution in [0.25, 0.3) is 0 Å². The Morgan fingerprint density at radius 1 is 1.14 bits per heavy atom. The van der Waals surface area contributed by atoms with Crippen LogP contribution >= 0.6 is 11.6 Å². The van der Waals surface area contributed by atoms with E-state index in [0.717, 1.165) is 0 Å². The van der Waals surface area contributed by atoms with Gasteiger partial charge in [0.1, 0.15) is 5.60 Å². The first-order chi connectivity index (χ1) is 10.1. The number of nitrogens with one attached hydrogen (secondary N) is 2. The quantitative estimate of drug-likeness (QED) is 0.655. The van der Waals surface area contributed by atoms with Crippen LogP contribution in [0.4, 0.5) is 4.79 Å². The Morgan fingerprint density at radius 3 is 2.09 bits per heavy atom. The SMILES string of the molecule is CN[C@](NC(=O)OC(C)(C)C)(C(=O)OC)c1ccc(Cl)cc1. The lowest BCUT2D eigenvalue weighted by atomic mass is 9.99. The highest BCUT2D eigenvalue weighted by Gasteiger charge is 2.43. The third kappa shape index (κ3) is 4.35. The van der Waals surface area contributed by atoms with Gasteiger partial charge in [0.15, 0.2) is 0 Å². The van der Waals surface area contributed by atoms with Crippen LogP contribution in [-0.2, 0) is 19.9 Å². The molecule has 1 atom stereocenters. The predicted octanol–water partition coefficient (Wildman–Crippen LogP) is 2.41. The molecule has 1 aromatic carbocycles. The summed E-state index contributed by atoms with van der Waals surface area (Å²) >= 11 is 5.86. The number of halogens is 1. The number of methoxy groups -OCH3 is 1. The fourth-order valence-electron chi connectivity index (χ4n) is 1.86. The summed E-state index contributed by atoms with van der Waals surface area (Å²) in [6.45, 7) is 5.19. The van der Waals surface area contributed by atoms with Crippen molar-refractivity contribution in [1.29, 1.82) is 0 Å². The minimum atomic E-state index is -1.57. The summed E-state index contributed by atoms with van der Waals surface area (Å²) in [4.78, 5) is 24.4. The van der Waals surface area contributed by atoms with E-state index in [9.17, 15) is 9.59 Å². The zero-order chi connectivity index (χ0) is 17.0. The lowest BCUT2D eigenvalue weighted by molar-refractivity contribution is -0.150. The Kier molecular flexibility index (Phi) is 5.79. The van der Waals surface area contributed by atoms with Crippen molar-refractivity contribution in [3.8, 4) is 0 Å². The van der Waals surface area contributed by atoms with Gasteiger partial charge in [0.2, 0.25) is 5.66 Å². The van der Waals surface area contributed by atoms with Crippen LogP contribution in [0, 0.1) is 0 Å². The van der Waals surface area contributed by atoms with E-state index < -0.39 is 23.3 Å². The van der Waals surface area contributed by atoms with Gasteiger partial charge in [-0.1, -0.05) is 23.7 Å². The first-order valence-corrected chi connectivity index (χ1v) is 7.07. The number of alkyl carbamates (subject to hydrolysis) is 1. The second-order valence-corrected chi connectivity index (χ2v) is 6.06. The number of hydrogen-bond acceptors (Lipinski definition) is 5. The van der Waals surface area contributed by atoms with Crippen molar-refractivity contribution in [1.82, 2.24) is 10.6 Å². The molecule has 0 spiro atoms. The van der Waals surface area contributed by atoms with Gasteiger partial charge in [0.25, 0.3) is 0 Å². The number of ether oxygens (including phenoxy) is 2. The Bertz CT molecular complexity index is 539. The molecule has 122 valence electrons. The zero-order valence-electron chi connectivity index (χ0n) is 13.3. The monoisotopic (exact) mass is 328 g/mol. The van der Waals surface area contributed by atoms with Crippen LogP contribution in [0.2, 0.25) is 5.02 Å². The van der Waals surface area contributed by atoms with E-state index in [0.29, 0.717) is 10.6 Å². The molecule has 0 saturated heterocycles. The fraction of sp³-hybridized carbons (Fsp3) is 0.467. The molecule has 22 heavy (non-hydrogen) atoms. The molecule has 0 aliphatic carbocycles. The zero-order valence-corrected chi connectivity index (χ0v) is 14.1. The number of amides is 1. The molecular formula is C15H21ClN2O4. The topological polar surface area (TPSA) is 76.7 Å². The molecule has 1 aromatic rings. The fourth-order valence-corrected chi connectivity index (χ4v) is 1.99. The van der Waals surface area contributed by atoms with Gasteiger partial charge in [-0.3, -0.25) is 10.6 Å².